The number of aromatic nitrogens is 5. The van der Waals surface area contributed by atoms with E-state index in [0.29, 0.717) is 36.0 Å². The zero-order chi connectivity index (χ0) is 21.5. The fourth-order valence-corrected chi connectivity index (χ4v) is 3.86. The van der Waals surface area contributed by atoms with Gasteiger partial charge in [0.2, 0.25) is 0 Å². The summed E-state index contributed by atoms with van der Waals surface area (Å²) in [5, 5.41) is 16.2. The van der Waals surface area contributed by atoms with Gasteiger partial charge in [-0.3, -0.25) is 15.0 Å². The zero-order valence-corrected chi connectivity index (χ0v) is 17.3. The first-order valence-corrected chi connectivity index (χ1v) is 10.0. The van der Waals surface area contributed by atoms with Crippen LogP contribution in [-0.4, -0.2) is 49.0 Å². The molecule has 5 rings (SSSR count). The van der Waals surface area contributed by atoms with Crippen LogP contribution < -0.4 is 11.1 Å². The minimum absolute atomic E-state index is 0.193. The standard InChI is InChI=1S/C22H22N8O/c1-13-3-4-24-9-18(13)14-5-15-7-20(27-28-21(15)19(23)6-14)26-22(31)30-11-17(12-30)16-8-25-29(2)10-16/h3-10,17H,11-12,23H2,1-2H3,(H,26,27,31). The molecule has 0 atom stereocenters. The minimum atomic E-state index is -0.193. The Morgan fingerprint density at radius 2 is 2.03 bits per heavy atom. The lowest BCUT2D eigenvalue weighted by Gasteiger charge is -2.38. The van der Waals surface area contributed by atoms with Crippen LogP contribution >= 0.6 is 0 Å². The lowest BCUT2D eigenvalue weighted by atomic mass is 9.94. The highest BCUT2D eigenvalue weighted by Gasteiger charge is 2.32. The minimum Gasteiger partial charge on any atom is -0.397 e. The number of pyridine rings is 1. The second-order valence-electron chi connectivity index (χ2n) is 7.90. The molecule has 1 saturated heterocycles. The molecule has 0 bridgehead atoms. The summed E-state index contributed by atoms with van der Waals surface area (Å²) < 4.78 is 1.77. The maximum Gasteiger partial charge on any atom is 0.323 e. The molecule has 2 amide bonds. The van der Waals surface area contributed by atoms with E-state index in [0.717, 1.165) is 27.6 Å². The number of carbonyl (C=O) groups is 1. The Kier molecular flexibility index (Phi) is 4.50. The average Bonchev–Trinajstić information content (AvgIpc) is 3.12. The molecule has 0 spiro atoms. The Hall–Kier alpha value is -4.01. The van der Waals surface area contributed by atoms with E-state index in [-0.39, 0.29) is 6.03 Å². The van der Waals surface area contributed by atoms with Crippen molar-refractivity contribution in [3.63, 3.8) is 0 Å². The fraction of sp³-hybridized carbons (Fsp3) is 0.227. The molecule has 4 heterocycles. The number of nitrogen functional groups attached to an aromatic ring is 1. The molecule has 1 aliphatic rings. The predicted molar refractivity (Wildman–Crippen MR) is 118 cm³/mol. The number of benzene rings is 1. The molecular weight excluding hydrogens is 392 g/mol. The van der Waals surface area contributed by atoms with Gasteiger partial charge < -0.3 is 10.6 Å². The molecule has 0 unspecified atom stereocenters. The molecule has 4 aromatic rings. The van der Waals surface area contributed by atoms with Gasteiger partial charge in [-0.1, -0.05) is 0 Å². The normalized spacial score (nSPS) is 13.9. The van der Waals surface area contributed by atoms with E-state index in [1.807, 2.05) is 50.8 Å². The van der Waals surface area contributed by atoms with Crippen LogP contribution in [0.1, 0.15) is 17.0 Å². The van der Waals surface area contributed by atoms with Gasteiger partial charge in [0.15, 0.2) is 5.82 Å². The lowest BCUT2D eigenvalue weighted by molar-refractivity contribution is 0.164. The Morgan fingerprint density at radius 3 is 2.77 bits per heavy atom. The number of rotatable bonds is 3. The van der Waals surface area contributed by atoms with Crippen molar-refractivity contribution < 1.29 is 4.79 Å². The summed E-state index contributed by atoms with van der Waals surface area (Å²) in [6.07, 6.45) is 7.41. The fourth-order valence-electron chi connectivity index (χ4n) is 3.86. The van der Waals surface area contributed by atoms with Crippen molar-refractivity contribution >= 4 is 28.4 Å². The molecule has 9 nitrogen and oxygen atoms in total. The third-order valence-corrected chi connectivity index (χ3v) is 5.67. The SMILES string of the molecule is Cc1ccncc1-c1cc(N)c2nnc(NC(=O)N3CC(c4cnn(C)c4)C3)cc2c1. The summed E-state index contributed by atoms with van der Waals surface area (Å²) in [7, 11) is 1.89. The number of likely N-dealkylation sites (tertiary alicyclic amines) is 1. The van der Waals surface area contributed by atoms with E-state index >= 15 is 0 Å². The van der Waals surface area contributed by atoms with Gasteiger partial charge >= 0.3 is 6.03 Å². The van der Waals surface area contributed by atoms with Gasteiger partial charge in [-0.2, -0.15) is 5.10 Å². The van der Waals surface area contributed by atoms with E-state index < -0.39 is 0 Å². The highest BCUT2D eigenvalue weighted by Crippen LogP contribution is 2.31. The molecule has 1 aliphatic heterocycles. The molecule has 156 valence electrons. The number of amides is 2. The molecule has 31 heavy (non-hydrogen) atoms. The second kappa shape index (κ2) is 7.35. The average molecular weight is 414 g/mol. The Balaban J connectivity index is 1.35. The van der Waals surface area contributed by atoms with Crippen LogP contribution in [0.4, 0.5) is 16.3 Å². The highest BCUT2D eigenvalue weighted by atomic mass is 16.2. The number of nitrogens with two attached hydrogens (primary N) is 1. The first-order chi connectivity index (χ1) is 15.0. The first kappa shape index (κ1) is 19.0. The van der Waals surface area contributed by atoms with Crippen molar-refractivity contribution in [2.24, 2.45) is 7.05 Å². The van der Waals surface area contributed by atoms with Crippen LogP contribution in [0, 0.1) is 6.92 Å². The van der Waals surface area contributed by atoms with Crippen LogP contribution in [0.25, 0.3) is 22.0 Å². The van der Waals surface area contributed by atoms with E-state index in [2.05, 4.69) is 25.6 Å². The number of carbonyl (C=O) groups excluding carboxylic acids is 1. The van der Waals surface area contributed by atoms with Crippen molar-refractivity contribution in [3.05, 3.63) is 60.2 Å². The van der Waals surface area contributed by atoms with Gasteiger partial charge in [-0.05, 0) is 47.9 Å². The van der Waals surface area contributed by atoms with Gasteiger partial charge in [-0.15, -0.1) is 10.2 Å². The van der Waals surface area contributed by atoms with Crippen LogP contribution in [-0.2, 0) is 7.05 Å². The molecule has 0 radical (unpaired) electrons. The number of fused-ring (bicyclic) bond motifs is 1. The molecule has 0 aliphatic carbocycles. The topological polar surface area (TPSA) is 115 Å². The number of nitrogens with one attached hydrogen (secondary N) is 1. The Morgan fingerprint density at radius 1 is 1.19 bits per heavy atom. The van der Waals surface area contributed by atoms with Crippen molar-refractivity contribution in [3.8, 4) is 11.1 Å². The van der Waals surface area contributed by atoms with E-state index in [1.165, 1.54) is 0 Å². The van der Waals surface area contributed by atoms with Crippen LogP contribution in [0.15, 0.2) is 49.1 Å². The molecule has 3 aromatic heterocycles. The van der Waals surface area contributed by atoms with Crippen molar-refractivity contribution in [1.82, 2.24) is 29.9 Å². The van der Waals surface area contributed by atoms with Gasteiger partial charge in [0, 0.05) is 55.6 Å². The van der Waals surface area contributed by atoms with Crippen LogP contribution in [0.2, 0.25) is 0 Å². The number of hydrogen-bond donors (Lipinski definition) is 2. The van der Waals surface area contributed by atoms with Crippen molar-refractivity contribution in [2.75, 3.05) is 24.1 Å². The maximum atomic E-state index is 12.6. The molecular formula is C22H22N8O. The quantitative estimate of drug-likeness (QED) is 0.498. The summed E-state index contributed by atoms with van der Waals surface area (Å²) in [5.74, 6) is 0.703. The van der Waals surface area contributed by atoms with Gasteiger partial charge in [0.25, 0.3) is 0 Å². The number of urea groups is 1. The predicted octanol–water partition coefficient (Wildman–Crippen LogP) is 2.95. The molecule has 1 fully saturated rings. The van der Waals surface area contributed by atoms with Gasteiger partial charge in [0.05, 0.1) is 11.9 Å². The third kappa shape index (κ3) is 3.54. The van der Waals surface area contributed by atoms with E-state index in [9.17, 15) is 4.79 Å². The molecule has 9 heteroatoms. The monoisotopic (exact) mass is 414 g/mol. The largest absolute Gasteiger partial charge is 0.397 e. The number of nitrogens with zero attached hydrogens (tertiary/aromatic N) is 6. The number of anilines is 2. The summed E-state index contributed by atoms with van der Waals surface area (Å²) in [5.41, 5.74) is 11.5. The first-order valence-electron chi connectivity index (χ1n) is 10.0. The van der Waals surface area contributed by atoms with Crippen molar-refractivity contribution in [2.45, 2.75) is 12.8 Å². The second-order valence-corrected chi connectivity index (χ2v) is 7.90. The van der Waals surface area contributed by atoms with E-state index in [4.69, 9.17) is 5.73 Å². The van der Waals surface area contributed by atoms with Crippen LogP contribution in [0.3, 0.4) is 0 Å². The summed E-state index contributed by atoms with van der Waals surface area (Å²) >= 11 is 0. The Bertz CT molecular complexity index is 1290. The van der Waals surface area contributed by atoms with Crippen LogP contribution in [0.5, 0.6) is 0 Å². The summed E-state index contributed by atoms with van der Waals surface area (Å²) in [6.45, 7) is 3.32. The van der Waals surface area contributed by atoms with Gasteiger partial charge in [0.1, 0.15) is 5.52 Å². The molecule has 0 saturated carbocycles. The molecule has 3 N–H and O–H groups in total. The third-order valence-electron chi connectivity index (χ3n) is 5.67. The maximum absolute atomic E-state index is 12.6. The number of hydrogen-bond acceptors (Lipinski definition) is 6. The molecule has 1 aromatic carbocycles. The summed E-state index contributed by atoms with van der Waals surface area (Å²) in [4.78, 5) is 18.6. The van der Waals surface area contributed by atoms with Gasteiger partial charge in [-0.25, -0.2) is 4.79 Å². The Labute approximate surface area is 178 Å². The zero-order valence-electron chi connectivity index (χ0n) is 17.3. The smallest absolute Gasteiger partial charge is 0.323 e. The summed E-state index contributed by atoms with van der Waals surface area (Å²) in [6, 6.07) is 7.42. The lowest BCUT2D eigenvalue weighted by Crippen LogP contribution is -2.50. The highest BCUT2D eigenvalue weighted by molar-refractivity contribution is 5.97. The van der Waals surface area contributed by atoms with Crippen molar-refractivity contribution in [1.29, 1.82) is 0 Å². The van der Waals surface area contributed by atoms with E-state index in [1.54, 1.807) is 21.8 Å². The number of aryl methyl sites for hydroxylation is 2.